The molecule has 0 radical (unpaired) electrons. The van der Waals surface area contributed by atoms with Crippen LogP contribution >= 0.6 is 0 Å². The fourth-order valence-electron chi connectivity index (χ4n) is 3.83. The molecule has 1 aliphatic heterocycles. The molecule has 1 amide bonds. The quantitative estimate of drug-likeness (QED) is 0.739. The molecule has 0 unspecified atom stereocenters. The lowest BCUT2D eigenvalue weighted by Crippen LogP contribution is -2.51. The van der Waals surface area contributed by atoms with Crippen molar-refractivity contribution in [3.8, 4) is 0 Å². The third-order valence-corrected chi connectivity index (χ3v) is 7.40. The fraction of sp³-hybridized carbons (Fsp3) is 0.941. The van der Waals surface area contributed by atoms with Gasteiger partial charge in [0.05, 0.1) is 18.1 Å². The summed E-state index contributed by atoms with van der Waals surface area (Å²) in [6.07, 6.45) is 4.93. The molecule has 0 bridgehead atoms. The number of carbonyl (C=O) groups excluding carboxylic acids is 1. The van der Waals surface area contributed by atoms with E-state index in [1.807, 2.05) is 11.9 Å². The molecule has 0 aromatic heterocycles. The summed E-state index contributed by atoms with van der Waals surface area (Å²) in [6.45, 7) is 6.83. The number of nitrogens with zero attached hydrogens (tertiary/aromatic N) is 2. The van der Waals surface area contributed by atoms with Crippen LogP contribution in [-0.4, -0.2) is 67.3 Å². The molecule has 2 rings (SSSR count). The summed E-state index contributed by atoms with van der Waals surface area (Å²) in [7, 11) is -0.982. The van der Waals surface area contributed by atoms with Gasteiger partial charge in [-0.05, 0) is 39.2 Å². The van der Waals surface area contributed by atoms with Gasteiger partial charge in [0.2, 0.25) is 5.91 Å². The highest BCUT2D eigenvalue weighted by molar-refractivity contribution is 7.91. The van der Waals surface area contributed by atoms with E-state index in [0.717, 1.165) is 25.7 Å². The van der Waals surface area contributed by atoms with E-state index in [-0.39, 0.29) is 29.5 Å². The van der Waals surface area contributed by atoms with Gasteiger partial charge in [-0.1, -0.05) is 26.7 Å². The Morgan fingerprint density at radius 2 is 1.70 bits per heavy atom. The van der Waals surface area contributed by atoms with Gasteiger partial charge in [0, 0.05) is 18.1 Å². The summed E-state index contributed by atoms with van der Waals surface area (Å²) in [5, 5.41) is 0. The molecule has 1 aliphatic carbocycles. The minimum absolute atomic E-state index is 0.106. The minimum Gasteiger partial charge on any atom is -0.335 e. The molecule has 2 atom stereocenters. The average molecular weight is 345 g/mol. The summed E-state index contributed by atoms with van der Waals surface area (Å²) in [4.78, 5) is 17.0. The third-order valence-electron chi connectivity index (χ3n) is 5.65. The van der Waals surface area contributed by atoms with E-state index in [0.29, 0.717) is 24.9 Å². The van der Waals surface area contributed by atoms with Gasteiger partial charge in [0.25, 0.3) is 0 Å². The van der Waals surface area contributed by atoms with Crippen molar-refractivity contribution in [2.75, 3.05) is 25.1 Å². The molecule has 134 valence electrons. The lowest BCUT2D eigenvalue weighted by atomic mass is 10.0. The molecule has 6 heteroatoms. The molecular formula is C17H32N2O3S. The minimum atomic E-state index is -2.97. The molecule has 0 aromatic carbocycles. The van der Waals surface area contributed by atoms with Gasteiger partial charge in [-0.3, -0.25) is 9.69 Å². The number of carbonyl (C=O) groups is 1. The van der Waals surface area contributed by atoms with Crippen molar-refractivity contribution < 1.29 is 13.2 Å². The van der Waals surface area contributed by atoms with E-state index in [2.05, 4.69) is 25.7 Å². The first-order valence-electron chi connectivity index (χ1n) is 8.93. The van der Waals surface area contributed by atoms with Crippen LogP contribution in [0.15, 0.2) is 0 Å². The van der Waals surface area contributed by atoms with E-state index < -0.39 is 9.84 Å². The number of likely N-dealkylation sites (N-methyl/N-ethyl adjacent to an activating group) is 1. The van der Waals surface area contributed by atoms with Gasteiger partial charge in [0.1, 0.15) is 0 Å². The van der Waals surface area contributed by atoms with Crippen molar-refractivity contribution in [1.29, 1.82) is 0 Å². The predicted octanol–water partition coefficient (Wildman–Crippen LogP) is 1.92. The first-order valence-corrected chi connectivity index (χ1v) is 10.7. The van der Waals surface area contributed by atoms with Crippen LogP contribution in [0.1, 0.15) is 52.9 Å². The fourth-order valence-corrected chi connectivity index (χ4v) is 5.54. The van der Waals surface area contributed by atoms with Crippen molar-refractivity contribution in [3.05, 3.63) is 0 Å². The first-order chi connectivity index (χ1) is 10.7. The Kier molecular flexibility index (Phi) is 6.11. The van der Waals surface area contributed by atoms with Crippen LogP contribution < -0.4 is 0 Å². The summed E-state index contributed by atoms with van der Waals surface area (Å²) >= 11 is 0. The molecular weight excluding hydrogens is 312 g/mol. The second-order valence-electron chi connectivity index (χ2n) is 7.70. The van der Waals surface area contributed by atoms with Crippen LogP contribution in [0.25, 0.3) is 0 Å². The zero-order chi connectivity index (χ0) is 17.2. The van der Waals surface area contributed by atoms with Crippen LogP contribution in [0.3, 0.4) is 0 Å². The number of hydrogen-bond acceptors (Lipinski definition) is 4. The molecule has 0 spiro atoms. The van der Waals surface area contributed by atoms with Gasteiger partial charge in [-0.15, -0.1) is 0 Å². The number of amides is 1. The average Bonchev–Trinajstić information content (AvgIpc) is 3.08. The van der Waals surface area contributed by atoms with Gasteiger partial charge in [0.15, 0.2) is 9.84 Å². The molecule has 0 aromatic rings. The number of hydrogen-bond donors (Lipinski definition) is 0. The Labute approximate surface area is 141 Å². The zero-order valence-electron chi connectivity index (χ0n) is 15.0. The topological polar surface area (TPSA) is 57.7 Å². The molecule has 0 N–H and O–H groups in total. The Bertz CT molecular complexity index is 512. The Morgan fingerprint density at radius 1 is 1.09 bits per heavy atom. The van der Waals surface area contributed by atoms with E-state index in [1.54, 1.807) is 0 Å². The highest BCUT2D eigenvalue weighted by Crippen LogP contribution is 2.29. The van der Waals surface area contributed by atoms with Crippen LogP contribution in [0.2, 0.25) is 0 Å². The van der Waals surface area contributed by atoms with E-state index >= 15 is 0 Å². The predicted molar refractivity (Wildman–Crippen MR) is 93.1 cm³/mol. The molecule has 2 aliphatic rings. The third kappa shape index (κ3) is 4.69. The SMILES string of the molecule is CC(C)[C@H](C)N(C)CC(=O)N(C1CCCC1)[C@@H]1CCS(=O)(=O)C1. The Balaban J connectivity index is 2.09. The maximum absolute atomic E-state index is 13.0. The smallest absolute Gasteiger partial charge is 0.237 e. The normalized spacial score (nSPS) is 26.1. The summed E-state index contributed by atoms with van der Waals surface area (Å²) < 4.78 is 23.7. The zero-order valence-corrected chi connectivity index (χ0v) is 15.8. The standard InChI is InChI=1S/C17H32N2O3S/c1-13(2)14(3)18(4)11-17(20)19(15-7-5-6-8-15)16-9-10-23(21,22)12-16/h13-16H,5-12H2,1-4H3/t14-,16+/m0/s1. The largest absolute Gasteiger partial charge is 0.335 e. The monoisotopic (exact) mass is 344 g/mol. The first kappa shape index (κ1) is 18.7. The maximum atomic E-state index is 13.0. The van der Waals surface area contributed by atoms with Crippen molar-refractivity contribution in [2.24, 2.45) is 5.92 Å². The highest BCUT2D eigenvalue weighted by Gasteiger charge is 2.39. The van der Waals surface area contributed by atoms with E-state index in [4.69, 9.17) is 0 Å². The van der Waals surface area contributed by atoms with Crippen LogP contribution in [-0.2, 0) is 14.6 Å². The molecule has 1 heterocycles. The van der Waals surface area contributed by atoms with Crippen LogP contribution in [0, 0.1) is 5.92 Å². The Morgan fingerprint density at radius 3 is 2.17 bits per heavy atom. The Hall–Kier alpha value is -0.620. The summed E-state index contributed by atoms with van der Waals surface area (Å²) in [6, 6.07) is 0.457. The van der Waals surface area contributed by atoms with Crippen LogP contribution in [0.4, 0.5) is 0 Å². The second-order valence-corrected chi connectivity index (χ2v) is 9.92. The lowest BCUT2D eigenvalue weighted by Gasteiger charge is -2.36. The molecule has 23 heavy (non-hydrogen) atoms. The van der Waals surface area contributed by atoms with E-state index in [1.165, 1.54) is 0 Å². The van der Waals surface area contributed by atoms with Gasteiger partial charge >= 0.3 is 0 Å². The molecule has 1 saturated heterocycles. The van der Waals surface area contributed by atoms with E-state index in [9.17, 15) is 13.2 Å². The van der Waals surface area contributed by atoms with Gasteiger partial charge in [-0.25, -0.2) is 8.42 Å². The van der Waals surface area contributed by atoms with Crippen molar-refractivity contribution in [3.63, 3.8) is 0 Å². The van der Waals surface area contributed by atoms with Gasteiger partial charge < -0.3 is 4.90 Å². The highest BCUT2D eigenvalue weighted by atomic mass is 32.2. The lowest BCUT2D eigenvalue weighted by molar-refractivity contribution is -0.137. The van der Waals surface area contributed by atoms with Crippen molar-refractivity contribution >= 4 is 15.7 Å². The molecule has 1 saturated carbocycles. The van der Waals surface area contributed by atoms with Crippen molar-refractivity contribution in [1.82, 2.24) is 9.80 Å². The van der Waals surface area contributed by atoms with Crippen LogP contribution in [0.5, 0.6) is 0 Å². The molecule has 2 fully saturated rings. The summed E-state index contributed by atoms with van der Waals surface area (Å²) in [5.74, 6) is 0.971. The number of sulfone groups is 1. The maximum Gasteiger partial charge on any atom is 0.237 e. The second kappa shape index (κ2) is 7.51. The molecule has 5 nitrogen and oxygen atoms in total. The van der Waals surface area contributed by atoms with Crippen molar-refractivity contribution in [2.45, 2.75) is 71.0 Å². The van der Waals surface area contributed by atoms with Gasteiger partial charge in [-0.2, -0.15) is 0 Å². The number of rotatable bonds is 6. The summed E-state index contributed by atoms with van der Waals surface area (Å²) in [5.41, 5.74) is 0.